The van der Waals surface area contributed by atoms with E-state index in [1.807, 2.05) is 24.5 Å². The second-order valence-corrected chi connectivity index (χ2v) is 11.0. The second kappa shape index (κ2) is 9.75. The van der Waals surface area contributed by atoms with Crippen molar-refractivity contribution in [2.45, 2.75) is 0 Å². The van der Waals surface area contributed by atoms with Crippen LogP contribution in [0.3, 0.4) is 0 Å². The monoisotopic (exact) mass is 563 g/mol. The largest absolute Gasteiger partial charge is 0.278 e. The summed E-state index contributed by atoms with van der Waals surface area (Å²) in [5.74, 6) is 1.66. The van der Waals surface area contributed by atoms with Gasteiger partial charge in [0.25, 0.3) is 0 Å². The van der Waals surface area contributed by atoms with Gasteiger partial charge in [-0.05, 0) is 64.7 Å². The molecule has 9 rings (SSSR count). The van der Waals surface area contributed by atoms with Gasteiger partial charge < -0.3 is 0 Å². The summed E-state index contributed by atoms with van der Waals surface area (Å²) in [6.45, 7) is 0. The molecule has 0 aliphatic carbocycles. The Morgan fingerprint density at radius 3 is 1.27 bits per heavy atom. The quantitative estimate of drug-likeness (QED) is 0.214. The van der Waals surface area contributed by atoms with Crippen molar-refractivity contribution in [1.29, 1.82) is 0 Å². The topological polar surface area (TPSA) is 48.5 Å². The molecule has 0 bridgehead atoms. The fourth-order valence-electron chi connectivity index (χ4n) is 6.42. The highest BCUT2D eigenvalue weighted by Crippen LogP contribution is 2.38. The summed E-state index contributed by atoms with van der Waals surface area (Å²) >= 11 is 0. The smallest absolute Gasteiger partial charge is 0.149 e. The predicted octanol–water partition coefficient (Wildman–Crippen LogP) is 9.40. The summed E-state index contributed by atoms with van der Waals surface area (Å²) in [5.41, 5.74) is 8.38. The molecule has 0 radical (unpaired) electrons. The van der Waals surface area contributed by atoms with E-state index in [2.05, 4.69) is 137 Å². The van der Waals surface area contributed by atoms with Crippen molar-refractivity contribution in [1.82, 2.24) is 24.1 Å². The minimum Gasteiger partial charge on any atom is -0.278 e. The molecule has 0 spiro atoms. The Labute approximate surface area is 253 Å². The molecule has 0 N–H and O–H groups in total. The lowest BCUT2D eigenvalue weighted by atomic mass is 10.1. The number of hydrogen-bond donors (Lipinski definition) is 0. The fraction of sp³-hybridized carbons (Fsp3) is 0. The number of fused-ring (bicyclic) bond motifs is 6. The molecule has 0 amide bonds. The van der Waals surface area contributed by atoms with Gasteiger partial charge >= 0.3 is 0 Å². The van der Waals surface area contributed by atoms with Crippen molar-refractivity contribution in [3.8, 4) is 33.9 Å². The van der Waals surface area contributed by atoms with Gasteiger partial charge in [-0.1, -0.05) is 97.1 Å². The average Bonchev–Trinajstić information content (AvgIpc) is 3.60. The molecule has 5 aromatic heterocycles. The van der Waals surface area contributed by atoms with Crippen LogP contribution in [-0.2, 0) is 0 Å². The number of benzene rings is 4. The number of hydrogen-bond acceptors (Lipinski definition) is 3. The Bertz CT molecular complexity index is 2320. The Hall–Kier alpha value is -6.07. The van der Waals surface area contributed by atoms with Crippen molar-refractivity contribution in [3.05, 3.63) is 152 Å². The first-order valence-electron chi connectivity index (χ1n) is 14.7. The molecule has 0 unspecified atom stereocenters. The van der Waals surface area contributed by atoms with Crippen LogP contribution in [0, 0.1) is 0 Å². The molecule has 5 nitrogen and oxygen atoms in total. The van der Waals surface area contributed by atoms with Crippen molar-refractivity contribution in [3.63, 3.8) is 0 Å². The zero-order valence-electron chi connectivity index (χ0n) is 23.7. The van der Waals surface area contributed by atoms with Gasteiger partial charge in [0.1, 0.15) is 22.9 Å². The molecule has 0 atom stereocenters. The molecule has 206 valence electrons. The average molecular weight is 564 g/mol. The van der Waals surface area contributed by atoms with Crippen molar-refractivity contribution in [2.75, 3.05) is 0 Å². The Balaban J connectivity index is 1.35. The van der Waals surface area contributed by atoms with Gasteiger partial charge in [-0.25, -0.2) is 15.0 Å². The number of nitrogens with zero attached hydrogens (tertiary/aromatic N) is 5. The normalized spacial score (nSPS) is 11.6. The van der Waals surface area contributed by atoms with Crippen LogP contribution in [0.5, 0.6) is 0 Å². The molecular formula is C39H25N5. The minimum absolute atomic E-state index is 0.830. The molecule has 0 fully saturated rings. The van der Waals surface area contributed by atoms with Crippen LogP contribution in [-0.4, -0.2) is 24.1 Å². The van der Waals surface area contributed by atoms with Gasteiger partial charge in [0, 0.05) is 33.9 Å². The summed E-state index contributed by atoms with van der Waals surface area (Å²) in [4.78, 5) is 15.2. The maximum Gasteiger partial charge on any atom is 0.149 e. The highest BCUT2D eigenvalue weighted by molar-refractivity contribution is 6.16. The first-order chi connectivity index (χ1) is 21.8. The summed E-state index contributed by atoms with van der Waals surface area (Å²) in [5, 5.41) is 4.47. The van der Waals surface area contributed by atoms with E-state index < -0.39 is 0 Å². The maximum atomic E-state index is 5.46. The minimum atomic E-state index is 0.830. The van der Waals surface area contributed by atoms with E-state index in [-0.39, 0.29) is 0 Å². The highest BCUT2D eigenvalue weighted by atomic mass is 15.2. The van der Waals surface area contributed by atoms with Crippen molar-refractivity contribution < 1.29 is 0 Å². The molecule has 0 aliphatic rings. The van der Waals surface area contributed by atoms with Crippen molar-refractivity contribution >= 4 is 43.9 Å². The van der Waals surface area contributed by atoms with Crippen LogP contribution in [0.25, 0.3) is 77.8 Å². The zero-order valence-corrected chi connectivity index (χ0v) is 23.7. The van der Waals surface area contributed by atoms with E-state index >= 15 is 0 Å². The molecule has 5 heterocycles. The van der Waals surface area contributed by atoms with Crippen LogP contribution in [0.15, 0.2) is 152 Å². The van der Waals surface area contributed by atoms with Gasteiger partial charge in [0.05, 0.1) is 11.0 Å². The van der Waals surface area contributed by atoms with Crippen LogP contribution in [0.1, 0.15) is 0 Å². The van der Waals surface area contributed by atoms with Crippen LogP contribution < -0.4 is 0 Å². The second-order valence-electron chi connectivity index (χ2n) is 11.0. The Morgan fingerprint density at radius 2 is 0.795 bits per heavy atom. The summed E-state index contributed by atoms with van der Waals surface area (Å²) in [7, 11) is 0. The molecule has 0 aliphatic heterocycles. The fourth-order valence-corrected chi connectivity index (χ4v) is 6.42. The van der Waals surface area contributed by atoms with E-state index in [4.69, 9.17) is 15.0 Å². The van der Waals surface area contributed by atoms with Crippen LogP contribution in [0.2, 0.25) is 0 Å². The van der Waals surface area contributed by atoms with E-state index in [1.54, 1.807) is 0 Å². The maximum absolute atomic E-state index is 5.46. The SMILES string of the molecule is c1ccc(-c2ccnc(-n3c4ccccc4c4cc5c6ccccc6n(-c6cc(-c7ccccc7)ccn6)c5nc43)c2)cc1. The molecule has 0 saturated heterocycles. The molecule has 44 heavy (non-hydrogen) atoms. The van der Waals surface area contributed by atoms with Gasteiger partial charge in [0.2, 0.25) is 0 Å². The highest BCUT2D eigenvalue weighted by Gasteiger charge is 2.20. The molecule has 5 heteroatoms. The first-order valence-corrected chi connectivity index (χ1v) is 14.7. The zero-order chi connectivity index (χ0) is 29.0. The van der Waals surface area contributed by atoms with E-state index in [9.17, 15) is 0 Å². The van der Waals surface area contributed by atoms with E-state index in [1.165, 1.54) is 0 Å². The van der Waals surface area contributed by atoms with E-state index in [0.717, 1.165) is 77.8 Å². The number of para-hydroxylation sites is 2. The summed E-state index contributed by atoms with van der Waals surface area (Å²) < 4.78 is 4.37. The number of aromatic nitrogens is 5. The lowest BCUT2D eigenvalue weighted by Crippen LogP contribution is -2.01. The number of pyridine rings is 3. The molecular weight excluding hydrogens is 538 g/mol. The first kappa shape index (κ1) is 24.5. The third kappa shape index (κ3) is 3.76. The lowest BCUT2D eigenvalue weighted by molar-refractivity contribution is 1.04. The number of rotatable bonds is 4. The van der Waals surface area contributed by atoms with Crippen LogP contribution >= 0.6 is 0 Å². The van der Waals surface area contributed by atoms with Crippen LogP contribution in [0.4, 0.5) is 0 Å². The van der Waals surface area contributed by atoms with Gasteiger partial charge in [0.15, 0.2) is 0 Å². The van der Waals surface area contributed by atoms with Gasteiger partial charge in [-0.3, -0.25) is 9.13 Å². The summed E-state index contributed by atoms with van der Waals surface area (Å²) in [6.07, 6.45) is 3.76. The Morgan fingerprint density at radius 1 is 0.364 bits per heavy atom. The predicted molar refractivity (Wildman–Crippen MR) is 179 cm³/mol. The molecule has 0 saturated carbocycles. The molecule has 4 aromatic carbocycles. The third-order valence-electron chi connectivity index (χ3n) is 8.44. The van der Waals surface area contributed by atoms with Gasteiger partial charge in [-0.2, -0.15) is 0 Å². The van der Waals surface area contributed by atoms with Crippen molar-refractivity contribution in [2.24, 2.45) is 0 Å². The molecule has 9 aromatic rings. The van der Waals surface area contributed by atoms with E-state index in [0.29, 0.717) is 0 Å². The Kier molecular flexibility index (Phi) is 5.43. The standard InChI is InChI=1S/C39H25N5/c1-3-11-26(12-4-1)28-19-21-40-36(23-28)43-34-17-9-7-15-30(34)32-25-33-31-16-8-10-18-35(31)44(39(33)42-38(32)43)37-24-29(20-22-41-37)27-13-5-2-6-14-27/h1-25H. The third-order valence-corrected chi connectivity index (χ3v) is 8.44. The summed E-state index contributed by atoms with van der Waals surface area (Å²) in [6, 6.07) is 48.5. The van der Waals surface area contributed by atoms with Gasteiger partial charge in [-0.15, -0.1) is 0 Å². The lowest BCUT2D eigenvalue weighted by Gasteiger charge is -2.10.